The summed E-state index contributed by atoms with van der Waals surface area (Å²) in [5, 5.41) is 7.92. The summed E-state index contributed by atoms with van der Waals surface area (Å²) < 4.78 is 40.3. The molecule has 0 saturated heterocycles. The fourth-order valence-electron chi connectivity index (χ4n) is 1.83. The van der Waals surface area contributed by atoms with E-state index < -0.39 is 18.8 Å². The lowest BCUT2D eigenvalue weighted by atomic mass is 10.3. The Morgan fingerprint density at radius 2 is 2.14 bits per heavy atom. The zero-order valence-electron chi connectivity index (χ0n) is 11.6. The summed E-state index contributed by atoms with van der Waals surface area (Å²) in [5.41, 5.74) is 0. The predicted octanol–water partition coefficient (Wildman–Crippen LogP) is 1.95. The second-order valence-electron chi connectivity index (χ2n) is 4.45. The van der Waals surface area contributed by atoms with Crippen molar-refractivity contribution in [3.05, 3.63) is 24.3 Å². The van der Waals surface area contributed by atoms with Crippen LogP contribution in [0.15, 0.2) is 12.7 Å². The molecule has 0 N–H and O–H groups in total. The fraction of sp³-hybridized carbons (Fsp3) is 0.636. The third-order valence-electron chi connectivity index (χ3n) is 2.81. The average Bonchev–Trinajstić information content (AvgIpc) is 3.03. The molecule has 0 aliphatic heterocycles. The fourth-order valence-corrected chi connectivity index (χ4v) is 2.22. The quantitative estimate of drug-likeness (QED) is 0.814. The third kappa shape index (κ3) is 4.19. The minimum absolute atomic E-state index is 0.230. The Kier molecular flexibility index (Phi) is 4.86. The van der Waals surface area contributed by atoms with Gasteiger partial charge in [-0.3, -0.25) is 0 Å². The third-order valence-corrected chi connectivity index (χ3v) is 3.42. The van der Waals surface area contributed by atoms with Gasteiger partial charge < -0.3 is 0 Å². The molecule has 0 amide bonds. The van der Waals surface area contributed by atoms with Crippen molar-refractivity contribution in [3.63, 3.8) is 0 Å². The van der Waals surface area contributed by atoms with Crippen LogP contribution in [0.1, 0.15) is 24.6 Å². The standard InChI is InChI=1S/C11H15F3N6S/c1-8(20-7-15-6-16-20)10-17-9(3-4-21-2)18-19(10)5-11(12,13)14/h6-8H,3-5H2,1-2H3/t8-/m1/s1. The van der Waals surface area contributed by atoms with E-state index in [0.29, 0.717) is 12.2 Å². The molecule has 116 valence electrons. The van der Waals surface area contributed by atoms with Crippen LogP contribution in [0.25, 0.3) is 0 Å². The molecule has 2 heterocycles. The molecule has 0 bridgehead atoms. The number of thioether (sulfide) groups is 1. The molecule has 0 aromatic carbocycles. The summed E-state index contributed by atoms with van der Waals surface area (Å²) in [6.07, 6.45) is 0.879. The van der Waals surface area contributed by atoms with Crippen molar-refractivity contribution in [3.8, 4) is 0 Å². The van der Waals surface area contributed by atoms with Gasteiger partial charge in [0.05, 0.1) is 0 Å². The van der Waals surface area contributed by atoms with E-state index in [1.165, 1.54) is 17.3 Å². The van der Waals surface area contributed by atoms with Crippen LogP contribution in [0.5, 0.6) is 0 Å². The number of alkyl halides is 3. The van der Waals surface area contributed by atoms with Crippen molar-refractivity contribution >= 4 is 11.8 Å². The van der Waals surface area contributed by atoms with E-state index in [-0.39, 0.29) is 5.82 Å². The smallest absolute Gasteiger partial charge is 0.243 e. The van der Waals surface area contributed by atoms with Gasteiger partial charge in [-0.25, -0.2) is 19.3 Å². The Balaban J connectivity index is 2.30. The zero-order valence-corrected chi connectivity index (χ0v) is 12.4. The number of aromatic nitrogens is 6. The summed E-state index contributed by atoms with van der Waals surface area (Å²) >= 11 is 1.59. The van der Waals surface area contributed by atoms with Gasteiger partial charge in [0, 0.05) is 12.2 Å². The molecule has 10 heteroatoms. The maximum atomic E-state index is 12.7. The number of halogens is 3. The van der Waals surface area contributed by atoms with E-state index in [4.69, 9.17) is 0 Å². The van der Waals surface area contributed by atoms with Crippen LogP contribution in [0.4, 0.5) is 13.2 Å². The van der Waals surface area contributed by atoms with Crippen LogP contribution in [0, 0.1) is 0 Å². The maximum Gasteiger partial charge on any atom is 0.408 e. The Hall–Kier alpha value is -1.58. The summed E-state index contributed by atoms with van der Waals surface area (Å²) in [6.45, 7) is 0.553. The van der Waals surface area contributed by atoms with E-state index >= 15 is 0 Å². The van der Waals surface area contributed by atoms with Crippen molar-refractivity contribution in [1.29, 1.82) is 0 Å². The van der Waals surface area contributed by atoms with Gasteiger partial charge in [0.1, 0.15) is 25.2 Å². The Bertz CT molecular complexity index is 565. The average molecular weight is 320 g/mol. The van der Waals surface area contributed by atoms with Crippen molar-refractivity contribution in [2.45, 2.75) is 32.1 Å². The molecule has 1 atom stereocenters. The van der Waals surface area contributed by atoms with Gasteiger partial charge in [-0.1, -0.05) is 0 Å². The lowest BCUT2D eigenvalue weighted by Crippen LogP contribution is -2.23. The Labute approximate surface area is 123 Å². The molecule has 0 spiro atoms. The number of hydrogen-bond donors (Lipinski definition) is 0. The first-order valence-electron chi connectivity index (χ1n) is 6.24. The molecule has 21 heavy (non-hydrogen) atoms. The van der Waals surface area contributed by atoms with Gasteiger partial charge in [-0.15, -0.1) is 0 Å². The zero-order chi connectivity index (χ0) is 15.5. The van der Waals surface area contributed by atoms with Gasteiger partial charge in [-0.05, 0) is 13.2 Å². The van der Waals surface area contributed by atoms with Gasteiger partial charge in [0.25, 0.3) is 0 Å². The van der Waals surface area contributed by atoms with Crippen molar-refractivity contribution in [1.82, 2.24) is 29.5 Å². The van der Waals surface area contributed by atoms with Gasteiger partial charge >= 0.3 is 6.18 Å². The highest BCUT2D eigenvalue weighted by Gasteiger charge is 2.31. The SMILES string of the molecule is CSCCc1nc([C@@H](C)n2cncn2)n(CC(F)(F)F)n1. The number of aryl methyl sites for hydroxylation is 1. The highest BCUT2D eigenvalue weighted by atomic mass is 32.2. The second kappa shape index (κ2) is 6.46. The first-order chi connectivity index (χ1) is 9.90. The van der Waals surface area contributed by atoms with E-state index in [1.54, 1.807) is 18.7 Å². The Morgan fingerprint density at radius 3 is 2.71 bits per heavy atom. The molecule has 0 saturated carbocycles. The van der Waals surface area contributed by atoms with E-state index in [2.05, 4.69) is 20.2 Å². The van der Waals surface area contributed by atoms with Crippen molar-refractivity contribution < 1.29 is 13.2 Å². The maximum absolute atomic E-state index is 12.7. The van der Waals surface area contributed by atoms with Gasteiger partial charge in [-0.2, -0.15) is 35.1 Å². The predicted molar refractivity (Wildman–Crippen MR) is 72.0 cm³/mol. The van der Waals surface area contributed by atoms with Crippen molar-refractivity contribution in [2.75, 3.05) is 12.0 Å². The summed E-state index contributed by atoms with van der Waals surface area (Å²) in [6, 6.07) is -0.467. The first-order valence-corrected chi connectivity index (χ1v) is 7.63. The van der Waals surface area contributed by atoms with Crippen LogP contribution in [-0.2, 0) is 13.0 Å². The van der Waals surface area contributed by atoms with Crippen LogP contribution >= 0.6 is 11.8 Å². The highest BCUT2D eigenvalue weighted by molar-refractivity contribution is 7.98. The minimum atomic E-state index is -4.35. The molecule has 6 nitrogen and oxygen atoms in total. The number of rotatable bonds is 6. The minimum Gasteiger partial charge on any atom is -0.243 e. The monoisotopic (exact) mass is 320 g/mol. The molecule has 0 aliphatic rings. The van der Waals surface area contributed by atoms with Crippen LogP contribution < -0.4 is 0 Å². The van der Waals surface area contributed by atoms with Crippen LogP contribution in [0.2, 0.25) is 0 Å². The largest absolute Gasteiger partial charge is 0.408 e. The van der Waals surface area contributed by atoms with Crippen LogP contribution in [0.3, 0.4) is 0 Å². The summed E-state index contributed by atoms with van der Waals surface area (Å²) in [5.74, 6) is 1.40. The molecule has 0 unspecified atom stereocenters. The molecule has 2 aromatic heterocycles. The van der Waals surface area contributed by atoms with E-state index in [0.717, 1.165) is 10.4 Å². The molecule has 0 radical (unpaired) electrons. The van der Waals surface area contributed by atoms with E-state index in [9.17, 15) is 13.2 Å². The molecular weight excluding hydrogens is 305 g/mol. The topological polar surface area (TPSA) is 61.4 Å². The number of nitrogens with zero attached hydrogens (tertiary/aromatic N) is 6. The lowest BCUT2D eigenvalue weighted by molar-refractivity contribution is -0.143. The van der Waals surface area contributed by atoms with Gasteiger partial charge in [0.2, 0.25) is 0 Å². The molecule has 0 aliphatic carbocycles. The van der Waals surface area contributed by atoms with E-state index in [1.807, 2.05) is 6.26 Å². The first kappa shape index (κ1) is 15.8. The van der Waals surface area contributed by atoms with Crippen molar-refractivity contribution in [2.24, 2.45) is 0 Å². The van der Waals surface area contributed by atoms with Crippen LogP contribution in [-0.4, -0.2) is 47.7 Å². The second-order valence-corrected chi connectivity index (χ2v) is 5.44. The highest BCUT2D eigenvalue weighted by Crippen LogP contribution is 2.21. The molecule has 2 rings (SSSR count). The molecule has 0 fully saturated rings. The lowest BCUT2D eigenvalue weighted by Gasteiger charge is -2.13. The van der Waals surface area contributed by atoms with Gasteiger partial charge in [0.15, 0.2) is 11.6 Å². The molecular formula is C11H15F3N6S. The summed E-state index contributed by atoms with van der Waals surface area (Å²) in [4.78, 5) is 8.04. The number of hydrogen-bond acceptors (Lipinski definition) is 5. The molecule has 2 aromatic rings. The Morgan fingerprint density at radius 1 is 1.38 bits per heavy atom. The summed E-state index contributed by atoms with van der Waals surface area (Å²) in [7, 11) is 0. The normalized spacial score (nSPS) is 13.6.